The zero-order valence-corrected chi connectivity index (χ0v) is 58.0. The van der Waals surface area contributed by atoms with Crippen molar-refractivity contribution in [3.05, 3.63) is 164 Å². The second-order valence-corrected chi connectivity index (χ2v) is 27.4. The third kappa shape index (κ3) is 16.6. The van der Waals surface area contributed by atoms with E-state index in [1.807, 2.05) is 0 Å². The summed E-state index contributed by atoms with van der Waals surface area (Å²) < 4.78 is 24.2. The van der Waals surface area contributed by atoms with Crippen LogP contribution in [0.3, 0.4) is 0 Å². The number of rotatable bonds is 13. The number of nitrogens with one attached hydrogen (secondary N) is 8. The number of unbranched alkanes of at least 4 members (excludes halogenated alkanes) is 7. The molecule has 17 bridgehead atoms. The lowest BCUT2D eigenvalue weighted by molar-refractivity contribution is -0.143. The van der Waals surface area contributed by atoms with Crippen LogP contribution in [0.2, 0.25) is 10.0 Å². The van der Waals surface area contributed by atoms with E-state index in [4.69, 9.17) is 42.1 Å². The Hall–Kier alpha value is -11.2. The topological polar surface area (TPSA) is 432 Å². The molecule has 0 radical (unpaired) electrons. The smallest absolute Gasteiger partial charge is 0.408 e. The standard InChI is InChI=1S/C74H76Cl2N8O20/c1-5-6-7-8-9-10-11-12-21-77-33-44-50(88)32-43-56(64(44)90)42-26-35(14-17-48(42)86)57-68(94)83-62(71(97)82-61(43)72(98)99)63(89)37-16-20-52(46(76)27-37)103-55-30-39-29-54(65(55)91)102-51-19-13-34(22-45(51)75)23-47-66(92)79-59(69(95)81-60(39)70(96)80-57)38-24-40(85)31-41(25-38)101-53-28-36(15-18-49(53)87)58(67(93)78-47)84-73(100)104-74(2,3)4/h13-20,22,24-32,47,57-63,77,85-91H,5-12,21,23,33H2,1-4H3,(H,78,93)(H,79,92)(H,80,96)(H,81,95)(H,82,97)(H,83,94)(H,84,100)(H,98,99)/t47-,57-,58-,59-,60-,61-,62-,63?/m0/s1. The molecular weight excluding hydrogens is 1390 g/mol. The number of aliphatic carboxylic acids is 1. The third-order valence-electron chi connectivity index (χ3n) is 17.8. The number of aliphatic hydroxyl groups excluding tert-OH is 1. The Morgan fingerprint density at radius 3 is 1.79 bits per heavy atom. The number of carbonyl (C=O) groups is 8. The molecule has 0 aromatic heterocycles. The predicted molar refractivity (Wildman–Crippen MR) is 374 cm³/mol. The number of amides is 7. The van der Waals surface area contributed by atoms with Crippen LogP contribution in [0.5, 0.6) is 69.0 Å². The molecular formula is C74H76Cl2N8O20. The van der Waals surface area contributed by atoms with Gasteiger partial charge in [-0.2, -0.15) is 0 Å². The number of ether oxygens (including phenoxy) is 4. The molecule has 7 amide bonds. The molecule has 30 heteroatoms. The van der Waals surface area contributed by atoms with E-state index in [2.05, 4.69) is 49.5 Å². The molecule has 28 nitrogen and oxygen atoms in total. The number of carboxylic acids is 1. The van der Waals surface area contributed by atoms with E-state index in [1.165, 1.54) is 48.5 Å². The van der Waals surface area contributed by atoms with Crippen molar-refractivity contribution in [2.24, 2.45) is 0 Å². The van der Waals surface area contributed by atoms with Crippen molar-refractivity contribution in [1.29, 1.82) is 0 Å². The maximum atomic E-state index is 16.1. The number of alkyl carbamates (subject to hydrolysis) is 1. The first-order valence-corrected chi connectivity index (χ1v) is 34.3. The van der Waals surface area contributed by atoms with Gasteiger partial charge < -0.3 is 102 Å². The SMILES string of the molecule is CCCCCCCCCCNCc1c(O)cc2c(c1O)-c1cc(ccc1O)[C@@H]1NC(=O)[C@H]3NC(=O)[C@H]4NC(=O)[C@H](Cc5ccc(c(Cl)c5)Oc5cc3cc(c5O)Oc3ccc(cc3Cl)C(O)[C@H](NC1=O)C(=O)N[C@@H]2C(=O)O)NC(=O)[C@@H](NC(=O)OC(C)(C)C)c1ccc(O)c(c1)Oc1cc(O)cc4c1. The molecule has 0 spiro atoms. The fourth-order valence-electron chi connectivity index (χ4n) is 12.6. The van der Waals surface area contributed by atoms with Crippen molar-refractivity contribution in [3.8, 4) is 80.1 Å². The molecule has 7 aromatic carbocycles. The normalized spacial score (nSPS) is 20.3. The van der Waals surface area contributed by atoms with E-state index >= 15 is 24.0 Å². The molecule has 0 fully saturated rings. The van der Waals surface area contributed by atoms with Crippen LogP contribution in [-0.4, -0.2) is 113 Å². The summed E-state index contributed by atoms with van der Waals surface area (Å²) in [5, 5.41) is 115. The van der Waals surface area contributed by atoms with Crippen molar-refractivity contribution in [2.45, 2.75) is 146 Å². The number of aliphatic hydroxyl groups is 1. The number of hydrogen-bond donors (Lipinski definition) is 16. The van der Waals surface area contributed by atoms with Crippen molar-refractivity contribution < 1.29 is 98.2 Å². The summed E-state index contributed by atoms with van der Waals surface area (Å²) in [6, 6.07) is 6.68. The minimum atomic E-state index is -2.23. The average molecular weight is 1470 g/mol. The average Bonchev–Trinajstić information content (AvgIpc) is 0.763. The highest BCUT2D eigenvalue weighted by molar-refractivity contribution is 6.32. The Balaban J connectivity index is 1.08. The Kier molecular flexibility index (Phi) is 22.2. The first-order valence-electron chi connectivity index (χ1n) is 33.5. The second kappa shape index (κ2) is 31.2. The van der Waals surface area contributed by atoms with Crippen LogP contribution in [0, 0.1) is 0 Å². The first-order chi connectivity index (χ1) is 49.5. The number of aromatic hydroxyl groups is 6. The van der Waals surface area contributed by atoms with Crippen molar-refractivity contribution in [2.75, 3.05) is 6.54 Å². The molecule has 6 heterocycles. The zero-order chi connectivity index (χ0) is 74.6. The molecule has 7 aromatic rings. The number of carboxylic acid groups (broad SMARTS) is 1. The minimum absolute atomic E-state index is 0.00810. The molecule has 13 rings (SSSR count). The number of benzene rings is 7. The molecule has 8 atom stereocenters. The van der Waals surface area contributed by atoms with Gasteiger partial charge in [0, 0.05) is 35.7 Å². The number of carbonyl (C=O) groups excluding carboxylic acids is 7. The van der Waals surface area contributed by atoms with Crippen LogP contribution in [0.1, 0.15) is 160 Å². The number of phenols is 6. The van der Waals surface area contributed by atoms with E-state index in [0.717, 1.165) is 106 Å². The zero-order valence-electron chi connectivity index (χ0n) is 56.5. The summed E-state index contributed by atoms with van der Waals surface area (Å²) in [6.45, 7) is 7.08. The molecule has 0 saturated carbocycles. The van der Waals surface area contributed by atoms with E-state index < -0.39 is 171 Å². The van der Waals surface area contributed by atoms with Crippen molar-refractivity contribution >= 4 is 70.7 Å². The van der Waals surface area contributed by atoms with Gasteiger partial charge in [-0.15, -0.1) is 0 Å². The largest absolute Gasteiger partial charge is 0.508 e. The fraction of sp³-hybridized carbons (Fsp3) is 0.324. The first kappa shape index (κ1) is 74.0. The van der Waals surface area contributed by atoms with Gasteiger partial charge in [0.2, 0.25) is 41.2 Å². The van der Waals surface area contributed by atoms with Gasteiger partial charge in [-0.3, -0.25) is 28.8 Å². The maximum Gasteiger partial charge on any atom is 0.408 e. The summed E-state index contributed by atoms with van der Waals surface area (Å²) in [6.07, 6.45) is 4.44. The minimum Gasteiger partial charge on any atom is -0.508 e. The van der Waals surface area contributed by atoms with Crippen LogP contribution < -0.4 is 56.7 Å². The Labute approximate surface area is 605 Å². The van der Waals surface area contributed by atoms with Crippen LogP contribution in [0.15, 0.2) is 109 Å². The van der Waals surface area contributed by atoms with Crippen molar-refractivity contribution in [3.63, 3.8) is 0 Å². The van der Waals surface area contributed by atoms with E-state index in [0.29, 0.717) is 13.0 Å². The van der Waals surface area contributed by atoms with Gasteiger partial charge in [-0.1, -0.05) is 99.3 Å². The third-order valence-corrected chi connectivity index (χ3v) is 18.4. The lowest BCUT2D eigenvalue weighted by Gasteiger charge is -2.31. The summed E-state index contributed by atoms with van der Waals surface area (Å²) in [4.78, 5) is 120. The van der Waals surface area contributed by atoms with Gasteiger partial charge in [0.1, 0.15) is 88.2 Å². The summed E-state index contributed by atoms with van der Waals surface area (Å²) in [7, 11) is 0. The van der Waals surface area contributed by atoms with E-state index in [9.17, 15) is 55.2 Å². The number of phenolic OH excluding ortho intramolecular Hbond substituents is 6. The molecule has 0 aliphatic carbocycles. The lowest BCUT2D eigenvalue weighted by atomic mass is 9.88. The van der Waals surface area contributed by atoms with E-state index in [-0.39, 0.29) is 78.5 Å². The fourth-order valence-corrected chi connectivity index (χ4v) is 13.1. The lowest BCUT2D eigenvalue weighted by Crippen LogP contribution is -2.55. The maximum absolute atomic E-state index is 16.1. The summed E-state index contributed by atoms with van der Waals surface area (Å²) in [5.74, 6) is -15.5. The molecule has 546 valence electrons. The number of fused-ring (bicyclic) bond motifs is 14. The monoisotopic (exact) mass is 1470 g/mol. The summed E-state index contributed by atoms with van der Waals surface area (Å²) in [5.41, 5.74) is -3.52. The molecule has 16 N–H and O–H groups in total. The Bertz CT molecular complexity index is 4570. The van der Waals surface area contributed by atoms with Crippen LogP contribution >= 0.6 is 23.2 Å². The van der Waals surface area contributed by atoms with Gasteiger partial charge in [-0.05, 0) is 146 Å². The van der Waals surface area contributed by atoms with Crippen molar-refractivity contribution in [1.82, 2.24) is 42.5 Å². The molecule has 0 saturated heterocycles. The van der Waals surface area contributed by atoms with Gasteiger partial charge in [-0.25, -0.2) is 9.59 Å². The van der Waals surface area contributed by atoms with Crippen LogP contribution in [0.25, 0.3) is 11.1 Å². The molecule has 6 aliphatic heterocycles. The van der Waals surface area contributed by atoms with Crippen LogP contribution in [-0.2, 0) is 51.3 Å². The highest BCUT2D eigenvalue weighted by atomic mass is 35.5. The quantitative estimate of drug-likeness (QED) is 0.0477. The molecule has 1 unspecified atom stereocenters. The predicted octanol–water partition coefficient (Wildman–Crippen LogP) is 9.78. The van der Waals surface area contributed by atoms with Gasteiger partial charge in [0.15, 0.2) is 29.0 Å². The highest BCUT2D eigenvalue weighted by Crippen LogP contribution is 2.49. The highest BCUT2D eigenvalue weighted by Gasteiger charge is 2.42. The van der Waals surface area contributed by atoms with E-state index in [1.54, 1.807) is 20.8 Å². The Morgan fingerprint density at radius 2 is 1.13 bits per heavy atom. The van der Waals surface area contributed by atoms with Gasteiger partial charge in [0.25, 0.3) is 0 Å². The molecule has 104 heavy (non-hydrogen) atoms. The number of hydrogen-bond acceptors (Lipinski definition) is 20. The Morgan fingerprint density at radius 1 is 0.548 bits per heavy atom. The van der Waals surface area contributed by atoms with Crippen LogP contribution in [0.4, 0.5) is 4.79 Å². The van der Waals surface area contributed by atoms with Gasteiger partial charge in [0.05, 0.1) is 15.6 Å². The number of halogens is 2. The van der Waals surface area contributed by atoms with Gasteiger partial charge >= 0.3 is 12.1 Å². The summed E-state index contributed by atoms with van der Waals surface area (Å²) >= 11 is 13.9. The second-order valence-electron chi connectivity index (χ2n) is 26.6. The molecule has 6 aliphatic rings.